The molecule has 176 valence electrons. The number of carbonyl (C=O) groups excluding carboxylic acids is 1. The molecular weight excluding hydrogens is 448 g/mol. The third-order valence-corrected chi connectivity index (χ3v) is 7.18. The summed E-state index contributed by atoms with van der Waals surface area (Å²) < 4.78 is 28.3. The number of benzene rings is 1. The molecule has 33 heavy (non-hydrogen) atoms. The van der Waals surface area contributed by atoms with E-state index in [-0.39, 0.29) is 21.3 Å². The molecule has 0 aliphatic carbocycles. The van der Waals surface area contributed by atoms with Crippen LogP contribution in [0.25, 0.3) is 10.6 Å². The highest BCUT2D eigenvalue weighted by Crippen LogP contribution is 2.36. The summed E-state index contributed by atoms with van der Waals surface area (Å²) in [5.41, 5.74) is 12.2. The summed E-state index contributed by atoms with van der Waals surface area (Å²) in [5, 5.41) is 10.0. The number of nitrogens with zero attached hydrogens (tertiary/aromatic N) is 3. The lowest BCUT2D eigenvalue weighted by Crippen LogP contribution is -2.47. The van der Waals surface area contributed by atoms with Crippen molar-refractivity contribution in [1.82, 2.24) is 20.1 Å². The fourth-order valence-corrected chi connectivity index (χ4v) is 5.10. The molecule has 3 aromatic rings. The number of hydrogen-bond donors (Lipinski definition) is 4. The number of carbonyl (C=O) groups is 1. The van der Waals surface area contributed by atoms with E-state index < -0.39 is 23.1 Å². The molecule has 0 saturated carbocycles. The topological polar surface area (TPSA) is 126 Å². The van der Waals surface area contributed by atoms with Crippen molar-refractivity contribution in [2.24, 2.45) is 11.7 Å². The maximum atomic E-state index is 14.2. The number of nitrogens with two attached hydrogens (primary N) is 2. The second kappa shape index (κ2) is 9.16. The van der Waals surface area contributed by atoms with Crippen molar-refractivity contribution in [2.45, 2.75) is 32.2 Å². The second-order valence-corrected chi connectivity index (χ2v) is 9.70. The molecule has 0 bridgehead atoms. The first-order chi connectivity index (χ1) is 15.7. The minimum Gasteiger partial charge on any atom is -0.389 e. The number of rotatable bonds is 6. The number of nitrogen functional groups attached to an aromatic ring is 1. The monoisotopic (exact) mass is 475 g/mol. The average molecular weight is 476 g/mol. The molecule has 1 aromatic carbocycles. The first-order valence-electron chi connectivity index (χ1n) is 10.7. The summed E-state index contributed by atoms with van der Waals surface area (Å²) >= 11 is 0.855. The summed E-state index contributed by atoms with van der Waals surface area (Å²) in [5.74, 6) is -1.59. The van der Waals surface area contributed by atoms with Gasteiger partial charge >= 0.3 is 0 Å². The highest BCUT2D eigenvalue weighted by Gasteiger charge is 2.35. The van der Waals surface area contributed by atoms with Crippen molar-refractivity contribution >= 4 is 27.9 Å². The molecule has 1 saturated heterocycles. The van der Waals surface area contributed by atoms with E-state index in [4.69, 9.17) is 11.5 Å². The molecule has 3 heterocycles. The molecule has 0 radical (unpaired) electrons. The average Bonchev–Trinajstić information content (AvgIpc) is 3.40. The van der Waals surface area contributed by atoms with Crippen molar-refractivity contribution < 1.29 is 13.6 Å². The summed E-state index contributed by atoms with van der Waals surface area (Å²) in [4.78, 5) is 19.4. The zero-order chi connectivity index (χ0) is 23.8. The number of thiazole rings is 1. The summed E-state index contributed by atoms with van der Waals surface area (Å²) in [7, 11) is 0. The Morgan fingerprint density at radius 2 is 1.97 bits per heavy atom. The molecule has 6 N–H and O–H groups in total. The van der Waals surface area contributed by atoms with Crippen molar-refractivity contribution in [3.8, 4) is 10.6 Å². The largest absolute Gasteiger partial charge is 0.389 e. The Bertz CT molecular complexity index is 1130. The third kappa shape index (κ3) is 4.48. The smallest absolute Gasteiger partial charge is 0.277 e. The molecule has 1 aliphatic rings. The van der Waals surface area contributed by atoms with Crippen LogP contribution in [0, 0.1) is 17.6 Å². The minimum absolute atomic E-state index is 0.00349. The van der Waals surface area contributed by atoms with Crippen molar-refractivity contribution in [2.75, 3.05) is 30.7 Å². The number of hydrogen-bond acceptors (Lipinski definition) is 7. The highest BCUT2D eigenvalue weighted by molar-refractivity contribution is 7.19. The Morgan fingerprint density at radius 3 is 2.61 bits per heavy atom. The van der Waals surface area contributed by atoms with Gasteiger partial charge in [0, 0.05) is 0 Å². The normalized spacial score (nSPS) is 15.7. The van der Waals surface area contributed by atoms with Gasteiger partial charge in [0.15, 0.2) is 5.69 Å². The van der Waals surface area contributed by atoms with Crippen LogP contribution in [0.3, 0.4) is 0 Å². The lowest BCUT2D eigenvalue weighted by atomic mass is 9.90. The Hall–Kier alpha value is -2.89. The maximum Gasteiger partial charge on any atom is 0.277 e. The van der Waals surface area contributed by atoms with Gasteiger partial charge in [-0.3, -0.25) is 14.8 Å². The Morgan fingerprint density at radius 1 is 1.30 bits per heavy atom. The van der Waals surface area contributed by atoms with E-state index in [0.29, 0.717) is 18.2 Å². The second-order valence-electron chi connectivity index (χ2n) is 8.67. The molecule has 0 atom stereocenters. The minimum atomic E-state index is -0.770. The first-order valence-corrected chi connectivity index (χ1v) is 11.5. The lowest BCUT2D eigenvalue weighted by molar-refractivity contribution is 0.0721. The molecule has 2 aromatic heterocycles. The van der Waals surface area contributed by atoms with Crippen LogP contribution < -0.4 is 16.8 Å². The molecule has 1 fully saturated rings. The predicted molar refractivity (Wildman–Crippen MR) is 125 cm³/mol. The van der Waals surface area contributed by atoms with Crippen LogP contribution in [-0.2, 0) is 5.54 Å². The molecule has 11 heteroatoms. The quantitative estimate of drug-likeness (QED) is 0.432. The third-order valence-electron chi connectivity index (χ3n) is 6.28. The van der Waals surface area contributed by atoms with Crippen LogP contribution in [0.4, 0.5) is 19.5 Å². The molecule has 4 rings (SSSR count). The molecule has 1 amide bonds. The lowest BCUT2D eigenvalue weighted by Gasteiger charge is -2.42. The van der Waals surface area contributed by atoms with Gasteiger partial charge in [-0.25, -0.2) is 13.8 Å². The van der Waals surface area contributed by atoms with Crippen molar-refractivity contribution in [1.29, 1.82) is 0 Å². The molecule has 8 nitrogen and oxygen atoms in total. The number of likely N-dealkylation sites (tertiary alicyclic amines) is 1. The first kappa shape index (κ1) is 23.3. The number of anilines is 2. The van der Waals surface area contributed by atoms with Gasteiger partial charge in [0.2, 0.25) is 0 Å². The number of amides is 1. The van der Waals surface area contributed by atoms with E-state index >= 15 is 0 Å². The van der Waals surface area contributed by atoms with Gasteiger partial charge < -0.3 is 16.8 Å². The van der Waals surface area contributed by atoms with Crippen molar-refractivity contribution in [3.63, 3.8) is 0 Å². The number of aromatic nitrogens is 3. The van der Waals surface area contributed by atoms with Gasteiger partial charge in [-0.2, -0.15) is 5.10 Å². The van der Waals surface area contributed by atoms with Gasteiger partial charge in [0.05, 0.1) is 28.7 Å². The van der Waals surface area contributed by atoms with Crippen molar-refractivity contribution in [3.05, 3.63) is 47.4 Å². The fourth-order valence-electron chi connectivity index (χ4n) is 4.22. The number of halogens is 2. The molecule has 1 aliphatic heterocycles. The van der Waals surface area contributed by atoms with E-state index in [2.05, 4.69) is 39.2 Å². The number of piperidine rings is 1. The summed E-state index contributed by atoms with van der Waals surface area (Å²) in [6, 6.07) is 3.53. The number of aromatic amines is 1. The number of nitrogens with one attached hydrogen (secondary N) is 2. The van der Waals surface area contributed by atoms with Crippen LogP contribution in [0.2, 0.25) is 0 Å². The van der Waals surface area contributed by atoms with Crippen LogP contribution in [0.1, 0.15) is 42.9 Å². The Kier molecular flexibility index (Phi) is 6.46. The van der Waals surface area contributed by atoms with E-state index in [1.165, 1.54) is 12.3 Å². The van der Waals surface area contributed by atoms with E-state index in [0.717, 1.165) is 55.1 Å². The van der Waals surface area contributed by atoms with E-state index in [9.17, 15) is 13.6 Å². The van der Waals surface area contributed by atoms with Crippen LogP contribution in [-0.4, -0.2) is 45.6 Å². The standard InChI is InChI=1S/C22H27F2N7OS/c1-22(2,31-8-6-12(10-25)7-9-31)18-15(11-27-30-18)28-20(32)17-19(26)33-21(29-17)16-13(23)4-3-5-14(16)24/h3-5,11-12H,6-10,25-26H2,1-2H3,(H,27,30)(H,28,32). The van der Waals surface area contributed by atoms with Gasteiger partial charge in [-0.15, -0.1) is 0 Å². The van der Waals surface area contributed by atoms with Gasteiger partial charge in [-0.1, -0.05) is 17.4 Å². The Balaban J connectivity index is 1.55. The van der Waals surface area contributed by atoms with Crippen LogP contribution in [0.15, 0.2) is 24.4 Å². The number of H-pyrrole nitrogens is 1. The maximum absolute atomic E-state index is 14.2. The molecular formula is C22H27F2N7OS. The predicted octanol–water partition coefficient (Wildman–Crippen LogP) is 3.55. The van der Waals surface area contributed by atoms with Crippen LogP contribution in [0.5, 0.6) is 0 Å². The van der Waals surface area contributed by atoms with E-state index in [1.54, 1.807) is 0 Å². The Labute approximate surface area is 194 Å². The van der Waals surface area contributed by atoms with E-state index in [1.807, 2.05) is 0 Å². The summed E-state index contributed by atoms with van der Waals surface area (Å²) in [6.45, 7) is 6.59. The summed E-state index contributed by atoms with van der Waals surface area (Å²) in [6.07, 6.45) is 3.56. The van der Waals surface area contributed by atoms with Gasteiger partial charge in [0.25, 0.3) is 5.91 Å². The zero-order valence-corrected chi connectivity index (χ0v) is 19.3. The molecule has 0 spiro atoms. The van der Waals surface area contributed by atoms with Gasteiger partial charge in [0.1, 0.15) is 21.6 Å². The fraction of sp³-hybridized carbons (Fsp3) is 0.409. The molecule has 0 unspecified atom stereocenters. The zero-order valence-electron chi connectivity index (χ0n) is 18.5. The van der Waals surface area contributed by atoms with Gasteiger partial charge in [-0.05, 0) is 64.4 Å². The van der Waals surface area contributed by atoms with Crippen LogP contribution >= 0.6 is 11.3 Å². The highest BCUT2D eigenvalue weighted by atomic mass is 32.1. The SMILES string of the molecule is CC(C)(c1[nH]ncc1NC(=O)c1nc(-c2c(F)cccc2F)sc1N)N1CCC(CN)CC1.